The zero-order valence-corrected chi connectivity index (χ0v) is 12.2. The van der Waals surface area contributed by atoms with Crippen LogP contribution in [0.25, 0.3) is 0 Å². The minimum Gasteiger partial charge on any atom is -0.317 e. The molecule has 0 saturated carbocycles. The summed E-state index contributed by atoms with van der Waals surface area (Å²) in [5, 5.41) is 5.65. The van der Waals surface area contributed by atoms with Crippen molar-refractivity contribution < 1.29 is 0 Å². The van der Waals surface area contributed by atoms with Crippen LogP contribution in [0.15, 0.2) is 11.4 Å². The normalized spacial score (nSPS) is 23.6. The van der Waals surface area contributed by atoms with E-state index in [1.165, 1.54) is 31.4 Å². The second kappa shape index (κ2) is 6.19. The molecule has 96 valence electrons. The van der Waals surface area contributed by atoms with Crippen LogP contribution in [0.3, 0.4) is 0 Å². The molecule has 4 heteroatoms. The van der Waals surface area contributed by atoms with Crippen molar-refractivity contribution in [3.63, 3.8) is 0 Å². The highest BCUT2D eigenvalue weighted by Gasteiger charge is 2.22. The van der Waals surface area contributed by atoms with E-state index in [9.17, 15) is 0 Å². The van der Waals surface area contributed by atoms with Crippen molar-refractivity contribution in [3.05, 3.63) is 21.3 Å². The lowest BCUT2D eigenvalue weighted by atomic mass is 10.0. The van der Waals surface area contributed by atoms with Gasteiger partial charge in [-0.1, -0.05) is 11.6 Å². The third kappa shape index (κ3) is 3.44. The molecule has 1 saturated heterocycles. The molecule has 0 aromatic carbocycles. The molecule has 2 heterocycles. The Morgan fingerprint density at radius 3 is 3.00 bits per heavy atom. The predicted octanol–water partition coefficient (Wildman–Crippen LogP) is 3.54. The maximum Gasteiger partial charge on any atom is 0.0931 e. The molecule has 1 fully saturated rings. The third-order valence-corrected chi connectivity index (χ3v) is 4.91. The number of halogens is 1. The summed E-state index contributed by atoms with van der Waals surface area (Å²) in [5.74, 6) is 0. The molecule has 0 radical (unpaired) electrons. The topological polar surface area (TPSA) is 15.3 Å². The second-order valence-corrected chi connectivity index (χ2v) is 6.40. The molecule has 0 amide bonds. The second-order valence-electron chi connectivity index (χ2n) is 4.86. The van der Waals surface area contributed by atoms with Gasteiger partial charge in [-0.15, -0.1) is 11.3 Å². The van der Waals surface area contributed by atoms with Gasteiger partial charge >= 0.3 is 0 Å². The van der Waals surface area contributed by atoms with E-state index >= 15 is 0 Å². The molecule has 2 nitrogen and oxygen atoms in total. The summed E-state index contributed by atoms with van der Waals surface area (Å²) in [7, 11) is 2.24. The van der Waals surface area contributed by atoms with E-state index in [4.69, 9.17) is 11.6 Å². The lowest BCUT2D eigenvalue weighted by Crippen LogP contribution is -2.34. The van der Waals surface area contributed by atoms with E-state index < -0.39 is 0 Å². The molecule has 1 aromatic rings. The van der Waals surface area contributed by atoms with E-state index in [0.717, 1.165) is 10.9 Å². The Kier molecular flexibility index (Phi) is 4.86. The molecule has 2 atom stereocenters. The monoisotopic (exact) mass is 272 g/mol. The first-order valence-electron chi connectivity index (χ1n) is 6.35. The Morgan fingerprint density at radius 2 is 2.29 bits per heavy atom. The van der Waals surface area contributed by atoms with Crippen LogP contribution in [0.4, 0.5) is 0 Å². The Morgan fingerprint density at radius 1 is 1.47 bits per heavy atom. The van der Waals surface area contributed by atoms with Crippen molar-refractivity contribution in [2.45, 2.75) is 38.3 Å². The number of hydrogen-bond donors (Lipinski definition) is 1. The van der Waals surface area contributed by atoms with Gasteiger partial charge in [0.15, 0.2) is 0 Å². The van der Waals surface area contributed by atoms with E-state index in [1.54, 1.807) is 11.3 Å². The largest absolute Gasteiger partial charge is 0.317 e. The predicted molar refractivity (Wildman–Crippen MR) is 76.0 cm³/mol. The lowest BCUT2D eigenvalue weighted by molar-refractivity contribution is 0.171. The Hall–Kier alpha value is -0.0900. The molecule has 0 aliphatic carbocycles. The summed E-state index contributed by atoms with van der Waals surface area (Å²) in [4.78, 5) is 2.51. The Bertz CT molecular complexity index is 345. The van der Waals surface area contributed by atoms with Gasteiger partial charge in [0.25, 0.3) is 0 Å². The van der Waals surface area contributed by atoms with Crippen LogP contribution in [-0.4, -0.2) is 31.1 Å². The number of nitrogens with zero attached hydrogens (tertiary/aromatic N) is 1. The standard InChI is InChI=1S/C13H21ClN2S/c1-10(11-8-13(14)17-9-11)16(2)12-4-3-6-15-7-5-12/h8-10,12,15H,3-7H2,1-2H3. The maximum absolute atomic E-state index is 6.01. The summed E-state index contributed by atoms with van der Waals surface area (Å²) in [6, 6.07) is 3.25. The van der Waals surface area contributed by atoms with Crippen LogP contribution in [-0.2, 0) is 0 Å². The molecular weight excluding hydrogens is 252 g/mol. The van der Waals surface area contributed by atoms with E-state index in [2.05, 4.69) is 35.6 Å². The number of nitrogens with one attached hydrogen (secondary N) is 1. The summed E-state index contributed by atoms with van der Waals surface area (Å²) in [6.07, 6.45) is 3.83. The molecule has 17 heavy (non-hydrogen) atoms. The number of rotatable bonds is 3. The van der Waals surface area contributed by atoms with Gasteiger partial charge in [0.2, 0.25) is 0 Å². The highest BCUT2D eigenvalue weighted by Crippen LogP contribution is 2.30. The molecule has 0 spiro atoms. The first kappa shape index (κ1) is 13.3. The Balaban J connectivity index is 2.00. The highest BCUT2D eigenvalue weighted by atomic mass is 35.5. The van der Waals surface area contributed by atoms with Crippen molar-refractivity contribution in [3.8, 4) is 0 Å². The summed E-state index contributed by atoms with van der Waals surface area (Å²) in [5.41, 5.74) is 1.35. The van der Waals surface area contributed by atoms with E-state index in [-0.39, 0.29) is 0 Å². The van der Waals surface area contributed by atoms with Crippen molar-refractivity contribution >= 4 is 22.9 Å². The van der Waals surface area contributed by atoms with Crippen LogP contribution in [0.1, 0.15) is 37.8 Å². The molecule has 1 aliphatic rings. The summed E-state index contributed by atoms with van der Waals surface area (Å²) >= 11 is 7.64. The fourth-order valence-corrected chi connectivity index (χ4v) is 3.48. The molecule has 2 unspecified atom stereocenters. The Labute approximate surface area is 113 Å². The van der Waals surface area contributed by atoms with Gasteiger partial charge in [-0.3, -0.25) is 4.90 Å². The summed E-state index contributed by atoms with van der Waals surface area (Å²) in [6.45, 7) is 4.59. The van der Waals surface area contributed by atoms with Gasteiger partial charge in [0.1, 0.15) is 0 Å². The van der Waals surface area contributed by atoms with Crippen LogP contribution in [0, 0.1) is 0 Å². The fourth-order valence-electron chi connectivity index (χ4n) is 2.50. The molecule has 1 N–H and O–H groups in total. The van der Waals surface area contributed by atoms with Crippen LogP contribution < -0.4 is 5.32 Å². The van der Waals surface area contributed by atoms with Gasteiger partial charge < -0.3 is 5.32 Å². The maximum atomic E-state index is 6.01. The highest BCUT2D eigenvalue weighted by molar-refractivity contribution is 7.14. The average Bonchev–Trinajstić information content (AvgIpc) is 2.60. The van der Waals surface area contributed by atoms with Gasteiger partial charge in [0, 0.05) is 12.1 Å². The first-order chi connectivity index (χ1) is 8.18. The van der Waals surface area contributed by atoms with E-state index in [1.807, 2.05) is 0 Å². The fraction of sp³-hybridized carbons (Fsp3) is 0.692. The van der Waals surface area contributed by atoms with Gasteiger partial charge in [-0.05, 0) is 63.3 Å². The van der Waals surface area contributed by atoms with Crippen LogP contribution in [0.5, 0.6) is 0 Å². The van der Waals surface area contributed by atoms with Crippen molar-refractivity contribution in [1.29, 1.82) is 0 Å². The molecule has 1 aliphatic heterocycles. The smallest absolute Gasteiger partial charge is 0.0931 e. The third-order valence-electron chi connectivity index (χ3n) is 3.80. The summed E-state index contributed by atoms with van der Waals surface area (Å²) < 4.78 is 0.891. The number of hydrogen-bond acceptors (Lipinski definition) is 3. The zero-order valence-electron chi connectivity index (χ0n) is 10.6. The first-order valence-corrected chi connectivity index (χ1v) is 7.61. The quantitative estimate of drug-likeness (QED) is 0.906. The molecule has 0 bridgehead atoms. The van der Waals surface area contributed by atoms with Gasteiger partial charge in [-0.25, -0.2) is 0 Å². The molecular formula is C13H21ClN2S. The zero-order chi connectivity index (χ0) is 12.3. The van der Waals surface area contributed by atoms with Crippen LogP contribution >= 0.6 is 22.9 Å². The van der Waals surface area contributed by atoms with Crippen molar-refractivity contribution in [2.24, 2.45) is 0 Å². The van der Waals surface area contributed by atoms with E-state index in [0.29, 0.717) is 12.1 Å². The lowest BCUT2D eigenvalue weighted by Gasteiger charge is -2.32. The minimum absolute atomic E-state index is 0.460. The van der Waals surface area contributed by atoms with Crippen molar-refractivity contribution in [2.75, 3.05) is 20.1 Å². The minimum atomic E-state index is 0.460. The SMILES string of the molecule is CC(c1csc(Cl)c1)N(C)C1CCCNCC1. The van der Waals surface area contributed by atoms with Gasteiger partial charge in [-0.2, -0.15) is 0 Å². The van der Waals surface area contributed by atoms with Gasteiger partial charge in [0.05, 0.1) is 4.34 Å². The average molecular weight is 273 g/mol. The van der Waals surface area contributed by atoms with Crippen molar-refractivity contribution in [1.82, 2.24) is 10.2 Å². The molecule has 1 aromatic heterocycles. The molecule has 2 rings (SSSR count). The number of thiophene rings is 1. The van der Waals surface area contributed by atoms with Crippen LogP contribution in [0.2, 0.25) is 4.34 Å².